The maximum absolute atomic E-state index is 13.3. The second kappa shape index (κ2) is 7.66. The van der Waals surface area contributed by atoms with Crippen molar-refractivity contribution in [3.63, 3.8) is 0 Å². The third-order valence-corrected chi connectivity index (χ3v) is 7.34. The van der Waals surface area contributed by atoms with Crippen molar-refractivity contribution in [1.29, 1.82) is 0 Å². The second-order valence-electron chi connectivity index (χ2n) is 8.97. The number of carbonyl (C=O) groups is 1. The number of amides is 1. The van der Waals surface area contributed by atoms with E-state index in [4.69, 9.17) is 0 Å². The molecule has 1 aromatic carbocycles. The molecule has 3 aromatic rings. The molecule has 0 radical (unpaired) electrons. The normalized spacial score (nSPS) is 16.5. The van der Waals surface area contributed by atoms with Crippen molar-refractivity contribution in [2.75, 3.05) is 24.0 Å². The van der Waals surface area contributed by atoms with E-state index in [0.717, 1.165) is 31.2 Å². The Bertz CT molecular complexity index is 1260. The van der Waals surface area contributed by atoms with Gasteiger partial charge in [0.25, 0.3) is 6.43 Å². The molecule has 0 bridgehead atoms. The molecule has 2 aromatic heterocycles. The van der Waals surface area contributed by atoms with Crippen LogP contribution < -0.4 is 15.9 Å². The summed E-state index contributed by atoms with van der Waals surface area (Å²) in [5, 5.41) is 6.69. The van der Waals surface area contributed by atoms with Crippen LogP contribution in [0.4, 0.5) is 26.0 Å². The van der Waals surface area contributed by atoms with Gasteiger partial charge < -0.3 is 20.2 Å². The molecule has 2 aliphatic rings. The van der Waals surface area contributed by atoms with E-state index >= 15 is 0 Å². The molecule has 168 valence electrons. The molecule has 2 heterocycles. The maximum atomic E-state index is 13.3. The zero-order valence-electron chi connectivity index (χ0n) is 17.8. The van der Waals surface area contributed by atoms with Crippen molar-refractivity contribution < 1.29 is 18.1 Å². The Morgan fingerprint density at radius 2 is 1.88 bits per heavy atom. The number of halogens is 2. The molecule has 0 unspecified atom stereocenters. The quantitative estimate of drug-likeness (QED) is 0.426. The Hall–Kier alpha value is -2.80. The molecule has 0 aliphatic heterocycles. The van der Waals surface area contributed by atoms with Gasteiger partial charge in [0.1, 0.15) is 18.5 Å². The summed E-state index contributed by atoms with van der Waals surface area (Å²) in [6.07, 6.45) is 1.13. The maximum Gasteiger partial charge on any atom is 0.295 e. The number of aromatic nitrogens is 3. The molecule has 1 amide bonds. The first kappa shape index (κ1) is 21.1. The smallest absolute Gasteiger partial charge is 0.295 e. The van der Waals surface area contributed by atoms with Crippen LogP contribution in [0.15, 0.2) is 24.3 Å². The standard InChI is InChI=1S/C22H24F2N5O2P/c1-32(2,31)16-9-13(11-3-4-11)7-8-14(16)25-15-10-17(27-22(30)12-5-6-12)26-20-18(15)28-21(29-20)19(23)24/h7-12,19H,3-6H2,1-2H3,(H3,25,26,27,28,29,30). The van der Waals surface area contributed by atoms with E-state index in [-0.39, 0.29) is 23.3 Å². The summed E-state index contributed by atoms with van der Waals surface area (Å²) in [5.41, 5.74) is 2.58. The minimum absolute atomic E-state index is 0.0349. The fraction of sp³-hybridized carbons (Fsp3) is 0.409. The highest BCUT2D eigenvalue weighted by Crippen LogP contribution is 2.44. The van der Waals surface area contributed by atoms with Gasteiger partial charge >= 0.3 is 0 Å². The molecule has 2 fully saturated rings. The van der Waals surface area contributed by atoms with Gasteiger partial charge in [-0.1, -0.05) is 6.07 Å². The predicted octanol–water partition coefficient (Wildman–Crippen LogP) is 5.11. The molecule has 0 atom stereocenters. The number of H-pyrrole nitrogens is 1. The zero-order chi connectivity index (χ0) is 22.6. The number of benzene rings is 1. The van der Waals surface area contributed by atoms with Gasteiger partial charge in [-0.2, -0.15) is 0 Å². The Kier molecular flexibility index (Phi) is 5.04. The summed E-state index contributed by atoms with van der Waals surface area (Å²) in [5.74, 6) is 0.0620. The van der Waals surface area contributed by atoms with Crippen molar-refractivity contribution in [1.82, 2.24) is 15.0 Å². The first-order valence-electron chi connectivity index (χ1n) is 10.6. The van der Waals surface area contributed by atoms with E-state index in [2.05, 4.69) is 25.6 Å². The van der Waals surface area contributed by atoms with E-state index in [9.17, 15) is 18.1 Å². The molecular formula is C22H24F2N5O2P. The molecule has 0 saturated heterocycles. The number of carbonyl (C=O) groups excluding carboxylic acids is 1. The summed E-state index contributed by atoms with van der Waals surface area (Å²) >= 11 is 0. The lowest BCUT2D eigenvalue weighted by Crippen LogP contribution is -2.15. The van der Waals surface area contributed by atoms with Crippen LogP contribution in [0.1, 0.15) is 49.4 Å². The summed E-state index contributed by atoms with van der Waals surface area (Å²) < 4.78 is 39.6. The number of nitrogens with one attached hydrogen (secondary N) is 3. The fourth-order valence-corrected chi connectivity index (χ4v) is 4.93. The second-order valence-corrected chi connectivity index (χ2v) is 12.2. The molecule has 10 heteroatoms. The minimum atomic E-state index is -2.79. The SMILES string of the molecule is CP(C)(=O)c1cc(C2CC2)ccc1Nc1cc(NC(=O)C2CC2)nc2nc(C(F)F)[nH]c12. The molecule has 2 aliphatic carbocycles. The number of nitrogens with zero attached hydrogens (tertiary/aromatic N) is 2. The topological polar surface area (TPSA) is 99.8 Å². The summed E-state index contributed by atoms with van der Waals surface area (Å²) in [7, 11) is -2.64. The minimum Gasteiger partial charge on any atom is -0.353 e. The average Bonchev–Trinajstić information content (AvgIpc) is 3.63. The molecule has 32 heavy (non-hydrogen) atoms. The van der Waals surface area contributed by atoms with Gasteiger partial charge in [0, 0.05) is 23.0 Å². The summed E-state index contributed by atoms with van der Waals surface area (Å²) in [6.45, 7) is 3.41. The number of pyridine rings is 1. The number of imidazole rings is 1. The lowest BCUT2D eigenvalue weighted by Gasteiger charge is -2.17. The van der Waals surface area contributed by atoms with Crippen LogP contribution in [0, 0.1) is 5.92 Å². The molecular weight excluding hydrogens is 435 g/mol. The first-order valence-corrected chi connectivity index (χ1v) is 13.3. The van der Waals surface area contributed by atoms with E-state index in [1.807, 2.05) is 18.2 Å². The van der Waals surface area contributed by atoms with Crippen LogP contribution in [0.3, 0.4) is 0 Å². The number of fused-ring (bicyclic) bond motifs is 1. The van der Waals surface area contributed by atoms with Gasteiger partial charge in [0.15, 0.2) is 11.5 Å². The van der Waals surface area contributed by atoms with Gasteiger partial charge in [-0.3, -0.25) is 4.79 Å². The summed E-state index contributed by atoms with van der Waals surface area (Å²) in [6, 6.07) is 7.45. The Morgan fingerprint density at radius 1 is 1.12 bits per heavy atom. The van der Waals surface area contributed by atoms with Crippen molar-refractivity contribution in [2.24, 2.45) is 5.92 Å². The summed E-state index contributed by atoms with van der Waals surface area (Å²) in [4.78, 5) is 23.0. The molecule has 3 N–H and O–H groups in total. The highest BCUT2D eigenvalue weighted by molar-refractivity contribution is 7.70. The number of aromatic amines is 1. The van der Waals surface area contributed by atoms with Crippen molar-refractivity contribution in [2.45, 2.75) is 38.0 Å². The van der Waals surface area contributed by atoms with Crippen molar-refractivity contribution in [3.05, 3.63) is 35.7 Å². The number of hydrogen-bond acceptors (Lipinski definition) is 5. The Balaban J connectivity index is 1.58. The number of rotatable bonds is 7. The van der Waals surface area contributed by atoms with Gasteiger partial charge in [-0.25, -0.2) is 18.7 Å². The van der Waals surface area contributed by atoms with Crippen LogP contribution in [0.25, 0.3) is 11.2 Å². The molecule has 2 saturated carbocycles. The van der Waals surface area contributed by atoms with Gasteiger partial charge in [0.2, 0.25) is 5.91 Å². The number of anilines is 3. The predicted molar refractivity (Wildman–Crippen MR) is 121 cm³/mol. The Morgan fingerprint density at radius 3 is 2.50 bits per heavy atom. The third-order valence-electron chi connectivity index (χ3n) is 5.81. The molecule has 0 spiro atoms. The van der Waals surface area contributed by atoms with Crippen LogP contribution >= 0.6 is 7.14 Å². The van der Waals surface area contributed by atoms with Crippen LogP contribution in [-0.2, 0) is 9.36 Å². The first-order chi connectivity index (χ1) is 15.2. The lowest BCUT2D eigenvalue weighted by molar-refractivity contribution is -0.117. The number of alkyl halides is 2. The lowest BCUT2D eigenvalue weighted by atomic mass is 10.1. The van der Waals surface area contributed by atoms with E-state index in [1.54, 1.807) is 19.4 Å². The largest absolute Gasteiger partial charge is 0.353 e. The van der Waals surface area contributed by atoms with E-state index in [0.29, 0.717) is 28.1 Å². The number of hydrogen-bond donors (Lipinski definition) is 3. The molecule has 7 nitrogen and oxygen atoms in total. The monoisotopic (exact) mass is 459 g/mol. The van der Waals surface area contributed by atoms with Gasteiger partial charge in [-0.05, 0) is 62.6 Å². The van der Waals surface area contributed by atoms with E-state index in [1.165, 1.54) is 0 Å². The van der Waals surface area contributed by atoms with Crippen LogP contribution in [0.2, 0.25) is 0 Å². The third kappa shape index (κ3) is 4.26. The highest BCUT2D eigenvalue weighted by Gasteiger charge is 2.30. The Labute approximate surface area is 183 Å². The van der Waals surface area contributed by atoms with E-state index < -0.39 is 19.4 Å². The van der Waals surface area contributed by atoms with Crippen molar-refractivity contribution in [3.8, 4) is 0 Å². The zero-order valence-corrected chi connectivity index (χ0v) is 18.7. The van der Waals surface area contributed by atoms with Crippen LogP contribution in [0.5, 0.6) is 0 Å². The van der Waals surface area contributed by atoms with Gasteiger partial charge in [-0.15, -0.1) is 0 Å². The fourth-order valence-electron chi connectivity index (χ4n) is 3.76. The van der Waals surface area contributed by atoms with Crippen molar-refractivity contribution >= 4 is 46.7 Å². The van der Waals surface area contributed by atoms with Crippen LogP contribution in [-0.4, -0.2) is 34.2 Å². The average molecular weight is 459 g/mol. The van der Waals surface area contributed by atoms with Gasteiger partial charge in [0.05, 0.1) is 5.69 Å². The molecule has 5 rings (SSSR count). The highest BCUT2D eigenvalue weighted by atomic mass is 31.2.